The molecule has 0 saturated carbocycles. The Bertz CT molecular complexity index is 160. The summed E-state index contributed by atoms with van der Waals surface area (Å²) in [6, 6.07) is 0. The van der Waals surface area contributed by atoms with E-state index in [1.165, 1.54) is 0 Å². The fraction of sp³-hybridized carbons (Fsp3) is 0.250. The van der Waals surface area contributed by atoms with E-state index in [2.05, 4.69) is 11.3 Å². The molecule has 0 amide bonds. The first-order valence-corrected chi connectivity index (χ1v) is 1.99. The molecule has 0 heterocycles. The number of allylic oxidation sites excluding steroid dienone is 1. The summed E-state index contributed by atoms with van der Waals surface area (Å²) in [6.07, 6.45) is -7.12. The van der Waals surface area contributed by atoms with Crippen LogP contribution in [0.4, 0.5) is 18.0 Å². The van der Waals surface area contributed by atoms with E-state index in [1.807, 2.05) is 0 Å². The topological polar surface area (TPSA) is 49.4 Å². The molecule has 0 spiro atoms. The van der Waals surface area contributed by atoms with Crippen molar-refractivity contribution in [1.82, 2.24) is 0 Å². The maximum absolute atomic E-state index is 11.3. The molecule has 0 atom stereocenters. The number of alkyl halides is 3. The Morgan fingerprint density at radius 3 is 2.00 bits per heavy atom. The number of ether oxygens (including phenoxy) is 1. The molecule has 3 nitrogen and oxygen atoms in total. The minimum absolute atomic E-state index is 1.80. The van der Waals surface area contributed by atoms with Crippen LogP contribution in [0.3, 0.4) is 0 Å². The molecule has 6 heteroatoms. The van der Waals surface area contributed by atoms with E-state index in [4.69, 9.17) is 0 Å². The Hall–Kier alpha value is -1.20. The van der Waals surface area contributed by atoms with Crippen LogP contribution in [0.25, 0.3) is 0 Å². The van der Waals surface area contributed by atoms with Gasteiger partial charge in [0, 0.05) is 0 Å². The van der Waals surface area contributed by atoms with Gasteiger partial charge < -0.3 is 14.6 Å². The molecule has 0 saturated heterocycles. The number of hydrogen-bond donors (Lipinski definition) is 0. The van der Waals surface area contributed by atoms with Gasteiger partial charge in [-0.1, -0.05) is 6.58 Å². The molecule has 0 bridgehead atoms. The maximum Gasteiger partial charge on any atom is 0.430 e. The van der Waals surface area contributed by atoms with E-state index in [1.54, 1.807) is 0 Å². The summed E-state index contributed by atoms with van der Waals surface area (Å²) in [4.78, 5) is 9.36. The molecule has 0 aromatic heterocycles. The Morgan fingerprint density at radius 2 is 1.90 bits per heavy atom. The molecule has 0 rings (SSSR count). The third-order valence-corrected chi connectivity index (χ3v) is 0.523. The van der Waals surface area contributed by atoms with E-state index in [-0.39, 0.29) is 0 Å². The van der Waals surface area contributed by atoms with Crippen molar-refractivity contribution in [2.75, 3.05) is 0 Å². The molecule has 0 fully saturated rings. The molecule has 0 aliphatic carbocycles. The zero-order valence-electron chi connectivity index (χ0n) is 4.57. The quantitative estimate of drug-likeness (QED) is 0.407. The average Bonchev–Trinajstić information content (AvgIpc) is 1.60. The van der Waals surface area contributed by atoms with Crippen molar-refractivity contribution in [3.8, 4) is 0 Å². The standard InChI is InChI=1S/C4H3F3O3/c1-2(4(5,6)7)10-3(8)9/h1H2,(H,8,9)/p-1. The number of rotatable bonds is 1. The fourth-order valence-electron chi connectivity index (χ4n) is 0.158. The van der Waals surface area contributed by atoms with Crippen LogP contribution in [-0.2, 0) is 4.74 Å². The molecular formula is C4H2F3O3-. The highest BCUT2D eigenvalue weighted by atomic mass is 19.4. The highest BCUT2D eigenvalue weighted by Gasteiger charge is 2.31. The Balaban J connectivity index is 3.99. The molecular weight excluding hydrogens is 153 g/mol. The second-order valence-corrected chi connectivity index (χ2v) is 1.27. The van der Waals surface area contributed by atoms with Crippen molar-refractivity contribution in [1.29, 1.82) is 0 Å². The van der Waals surface area contributed by atoms with E-state index in [0.29, 0.717) is 0 Å². The number of carbonyl (C=O) groups is 1. The zero-order valence-corrected chi connectivity index (χ0v) is 4.57. The number of hydrogen-bond acceptors (Lipinski definition) is 3. The molecule has 0 radical (unpaired) electrons. The summed E-state index contributed by atoms with van der Waals surface area (Å²) in [7, 11) is 0. The minimum atomic E-state index is -4.85. The van der Waals surface area contributed by atoms with Gasteiger partial charge in [0.2, 0.25) is 0 Å². The van der Waals surface area contributed by atoms with Crippen molar-refractivity contribution < 1.29 is 27.8 Å². The Morgan fingerprint density at radius 1 is 1.50 bits per heavy atom. The molecule has 0 unspecified atom stereocenters. The van der Waals surface area contributed by atoms with E-state index >= 15 is 0 Å². The van der Waals surface area contributed by atoms with E-state index in [9.17, 15) is 23.1 Å². The summed E-state index contributed by atoms with van der Waals surface area (Å²) in [5, 5.41) is 9.36. The fourth-order valence-corrected chi connectivity index (χ4v) is 0.158. The SMILES string of the molecule is C=C(OC(=O)[O-])C(F)(F)F. The average molecular weight is 155 g/mol. The number of carboxylic acid groups (broad SMARTS) is 1. The number of carbonyl (C=O) groups excluding carboxylic acids is 1. The van der Waals surface area contributed by atoms with Crippen molar-refractivity contribution in [3.05, 3.63) is 12.3 Å². The van der Waals surface area contributed by atoms with Crippen molar-refractivity contribution in [3.63, 3.8) is 0 Å². The first kappa shape index (κ1) is 8.80. The van der Waals surface area contributed by atoms with Crippen molar-refractivity contribution in [2.24, 2.45) is 0 Å². The van der Waals surface area contributed by atoms with Crippen LogP contribution in [0.5, 0.6) is 0 Å². The molecule has 0 aromatic carbocycles. The van der Waals surface area contributed by atoms with Crippen LogP contribution in [0.1, 0.15) is 0 Å². The molecule has 0 aliphatic rings. The van der Waals surface area contributed by atoms with Gasteiger partial charge in [-0.15, -0.1) is 0 Å². The highest BCUT2D eigenvalue weighted by Crippen LogP contribution is 2.24. The second kappa shape index (κ2) is 2.59. The summed E-state index contributed by atoms with van der Waals surface area (Å²) in [5.41, 5.74) is 0. The predicted molar refractivity (Wildman–Crippen MR) is 21.7 cm³/mol. The van der Waals surface area contributed by atoms with Crippen LogP contribution in [-0.4, -0.2) is 12.3 Å². The van der Waals surface area contributed by atoms with Crippen LogP contribution < -0.4 is 5.11 Å². The monoisotopic (exact) mass is 155 g/mol. The van der Waals surface area contributed by atoms with Crippen LogP contribution in [0.15, 0.2) is 12.3 Å². The third-order valence-electron chi connectivity index (χ3n) is 0.523. The summed E-state index contributed by atoms with van der Waals surface area (Å²) < 4.78 is 37.0. The van der Waals surface area contributed by atoms with Gasteiger partial charge in [-0.25, -0.2) is 0 Å². The zero-order chi connectivity index (χ0) is 8.36. The first-order chi connectivity index (χ1) is 4.34. The molecule has 0 aliphatic heterocycles. The lowest BCUT2D eigenvalue weighted by molar-refractivity contribution is -0.284. The predicted octanol–water partition coefficient (Wildman–Crippen LogP) is 0.422. The normalized spacial score (nSPS) is 10.7. The first-order valence-electron chi connectivity index (χ1n) is 1.99. The number of halogens is 3. The minimum Gasteiger partial charge on any atom is -0.510 e. The van der Waals surface area contributed by atoms with Gasteiger partial charge in [0.1, 0.15) is 5.76 Å². The van der Waals surface area contributed by atoms with Crippen LogP contribution >= 0.6 is 0 Å². The van der Waals surface area contributed by atoms with Gasteiger partial charge in [-0.2, -0.15) is 13.2 Å². The van der Waals surface area contributed by atoms with Gasteiger partial charge in [0.25, 0.3) is 6.16 Å². The molecule has 0 aromatic rings. The highest BCUT2D eigenvalue weighted by molar-refractivity contribution is 5.55. The van der Waals surface area contributed by atoms with Crippen molar-refractivity contribution >= 4 is 6.16 Å². The summed E-state index contributed by atoms with van der Waals surface area (Å²) in [6.45, 7) is 2.30. The van der Waals surface area contributed by atoms with Crippen molar-refractivity contribution in [2.45, 2.75) is 6.18 Å². The van der Waals surface area contributed by atoms with Gasteiger partial charge in [-0.3, -0.25) is 0 Å². The Labute approximate surface area is 53.7 Å². The summed E-state index contributed by atoms with van der Waals surface area (Å²) in [5.74, 6) is -1.80. The van der Waals surface area contributed by atoms with E-state index < -0.39 is 18.1 Å². The smallest absolute Gasteiger partial charge is 0.430 e. The van der Waals surface area contributed by atoms with Gasteiger partial charge in [0.05, 0.1) is 0 Å². The molecule has 58 valence electrons. The maximum atomic E-state index is 11.3. The van der Waals surface area contributed by atoms with Gasteiger partial charge in [-0.05, 0) is 0 Å². The molecule has 10 heavy (non-hydrogen) atoms. The van der Waals surface area contributed by atoms with Gasteiger partial charge >= 0.3 is 6.18 Å². The lowest BCUT2D eigenvalue weighted by Gasteiger charge is -2.13. The van der Waals surface area contributed by atoms with Gasteiger partial charge in [0.15, 0.2) is 0 Å². The van der Waals surface area contributed by atoms with E-state index in [0.717, 1.165) is 0 Å². The Kier molecular flexibility index (Phi) is 2.28. The lowest BCUT2D eigenvalue weighted by atomic mass is 10.5. The largest absolute Gasteiger partial charge is 0.510 e. The third kappa shape index (κ3) is 2.95. The summed E-state index contributed by atoms with van der Waals surface area (Å²) >= 11 is 0. The van der Waals surface area contributed by atoms with Crippen LogP contribution in [0.2, 0.25) is 0 Å². The van der Waals surface area contributed by atoms with Crippen LogP contribution in [0, 0.1) is 0 Å². The second-order valence-electron chi connectivity index (χ2n) is 1.27. The lowest BCUT2D eigenvalue weighted by Crippen LogP contribution is -2.27. The molecule has 0 N–H and O–H groups in total.